The van der Waals surface area contributed by atoms with E-state index in [1.165, 1.54) is 18.1 Å². The highest BCUT2D eigenvalue weighted by atomic mass is 16.5. The van der Waals surface area contributed by atoms with Crippen molar-refractivity contribution in [2.45, 2.75) is 32.4 Å². The van der Waals surface area contributed by atoms with E-state index in [1.54, 1.807) is 63.2 Å². The normalized spacial score (nSPS) is 15.9. The van der Waals surface area contributed by atoms with Gasteiger partial charge in [-0.3, -0.25) is 14.5 Å². The predicted octanol–water partition coefficient (Wildman–Crippen LogP) is 3.00. The standard InChI is InChI=1S/C21H22N2O5/c1-13(28-15-9-7-8-14(12-15)19(25)27-4)18(24)23-17-11-6-5-10-16(17)22-20(26)21(23,2)3/h5-13H,1-4H3,(H,22,26)/t13-/m1/s1. The molecule has 7 heteroatoms. The van der Waals surface area contributed by atoms with Crippen LogP contribution in [0.2, 0.25) is 0 Å². The highest BCUT2D eigenvalue weighted by molar-refractivity contribution is 6.14. The molecule has 1 aliphatic rings. The maximum atomic E-state index is 13.2. The van der Waals surface area contributed by atoms with Crippen LogP contribution in [0.25, 0.3) is 0 Å². The van der Waals surface area contributed by atoms with E-state index >= 15 is 0 Å². The van der Waals surface area contributed by atoms with Crippen LogP contribution in [0.5, 0.6) is 5.75 Å². The Labute approximate surface area is 163 Å². The molecule has 28 heavy (non-hydrogen) atoms. The number of methoxy groups -OCH3 is 1. The van der Waals surface area contributed by atoms with Crippen molar-refractivity contribution in [1.82, 2.24) is 0 Å². The molecule has 0 bridgehead atoms. The monoisotopic (exact) mass is 382 g/mol. The third-order valence-corrected chi connectivity index (χ3v) is 4.64. The summed E-state index contributed by atoms with van der Waals surface area (Å²) < 4.78 is 10.5. The molecule has 0 aliphatic carbocycles. The van der Waals surface area contributed by atoms with Crippen molar-refractivity contribution in [3.63, 3.8) is 0 Å². The van der Waals surface area contributed by atoms with E-state index in [0.29, 0.717) is 22.7 Å². The second-order valence-corrected chi connectivity index (χ2v) is 6.98. The molecule has 1 N–H and O–H groups in total. The van der Waals surface area contributed by atoms with Gasteiger partial charge >= 0.3 is 5.97 Å². The lowest BCUT2D eigenvalue weighted by molar-refractivity contribution is -0.130. The van der Waals surface area contributed by atoms with E-state index in [1.807, 2.05) is 0 Å². The zero-order valence-corrected chi connectivity index (χ0v) is 16.2. The Bertz CT molecular complexity index is 938. The van der Waals surface area contributed by atoms with Crippen molar-refractivity contribution >= 4 is 29.2 Å². The van der Waals surface area contributed by atoms with Crippen molar-refractivity contribution < 1.29 is 23.9 Å². The van der Waals surface area contributed by atoms with Crippen molar-refractivity contribution in [2.24, 2.45) is 0 Å². The molecule has 1 atom stereocenters. The Balaban J connectivity index is 1.89. The molecule has 0 spiro atoms. The van der Waals surface area contributed by atoms with Crippen molar-refractivity contribution in [1.29, 1.82) is 0 Å². The van der Waals surface area contributed by atoms with E-state index in [9.17, 15) is 14.4 Å². The van der Waals surface area contributed by atoms with Crippen LogP contribution < -0.4 is 15.0 Å². The Morgan fingerprint density at radius 1 is 1.11 bits per heavy atom. The molecule has 7 nitrogen and oxygen atoms in total. The van der Waals surface area contributed by atoms with Gasteiger partial charge in [0.15, 0.2) is 6.10 Å². The number of ether oxygens (including phenoxy) is 2. The number of amides is 2. The molecule has 3 rings (SSSR count). The Morgan fingerprint density at radius 2 is 1.82 bits per heavy atom. The van der Waals surface area contributed by atoms with Crippen LogP contribution in [0.3, 0.4) is 0 Å². The second kappa shape index (κ2) is 7.34. The van der Waals surface area contributed by atoms with Gasteiger partial charge in [0, 0.05) is 0 Å². The first-order valence-corrected chi connectivity index (χ1v) is 8.85. The minimum absolute atomic E-state index is 0.278. The van der Waals surface area contributed by atoms with Crippen LogP contribution in [0.4, 0.5) is 11.4 Å². The van der Waals surface area contributed by atoms with Gasteiger partial charge in [-0.25, -0.2) is 4.79 Å². The summed E-state index contributed by atoms with van der Waals surface area (Å²) in [6, 6.07) is 13.5. The van der Waals surface area contributed by atoms with E-state index < -0.39 is 17.6 Å². The summed E-state index contributed by atoms with van der Waals surface area (Å²) in [7, 11) is 1.29. The number of carbonyl (C=O) groups excluding carboxylic acids is 3. The molecule has 2 amide bonds. The summed E-state index contributed by atoms with van der Waals surface area (Å²) in [4.78, 5) is 38.9. The fraction of sp³-hybridized carbons (Fsp3) is 0.286. The first kappa shape index (κ1) is 19.4. The smallest absolute Gasteiger partial charge is 0.337 e. The van der Waals surface area contributed by atoms with E-state index in [0.717, 1.165) is 0 Å². The first-order chi connectivity index (χ1) is 13.3. The SMILES string of the molecule is COC(=O)c1cccc(O[C@H](C)C(=O)N2c3ccccc3NC(=O)C2(C)C)c1. The minimum atomic E-state index is -1.09. The number of carbonyl (C=O) groups is 3. The number of rotatable bonds is 4. The van der Waals surface area contributed by atoms with Crippen LogP contribution in [-0.4, -0.2) is 36.5 Å². The highest BCUT2D eigenvalue weighted by Crippen LogP contribution is 2.37. The van der Waals surface area contributed by atoms with Crippen LogP contribution in [0.1, 0.15) is 31.1 Å². The summed E-state index contributed by atoms with van der Waals surface area (Å²) in [5, 5.41) is 2.82. The number of esters is 1. The zero-order chi connectivity index (χ0) is 20.5. The number of fused-ring (bicyclic) bond motifs is 1. The summed E-state index contributed by atoms with van der Waals surface area (Å²) in [5.74, 6) is -0.779. The summed E-state index contributed by atoms with van der Waals surface area (Å²) in [6.45, 7) is 4.97. The molecule has 2 aromatic carbocycles. The largest absolute Gasteiger partial charge is 0.481 e. The Kier molecular flexibility index (Phi) is 5.09. The van der Waals surface area contributed by atoms with Gasteiger partial charge < -0.3 is 14.8 Å². The fourth-order valence-electron chi connectivity index (χ4n) is 3.10. The molecule has 0 radical (unpaired) electrons. The van der Waals surface area contributed by atoms with Gasteiger partial charge in [-0.15, -0.1) is 0 Å². The number of para-hydroxylation sites is 2. The molecule has 146 valence electrons. The predicted molar refractivity (Wildman–Crippen MR) is 105 cm³/mol. The van der Waals surface area contributed by atoms with Crippen LogP contribution in [0, 0.1) is 0 Å². The molecule has 0 saturated heterocycles. The first-order valence-electron chi connectivity index (χ1n) is 8.85. The van der Waals surface area contributed by atoms with Gasteiger partial charge in [0.1, 0.15) is 11.3 Å². The lowest BCUT2D eigenvalue weighted by Crippen LogP contribution is -2.60. The topological polar surface area (TPSA) is 84.9 Å². The molecule has 0 saturated carbocycles. The van der Waals surface area contributed by atoms with Gasteiger partial charge in [-0.1, -0.05) is 18.2 Å². The third kappa shape index (κ3) is 3.43. The number of benzene rings is 2. The average Bonchev–Trinajstić information content (AvgIpc) is 2.68. The lowest BCUT2D eigenvalue weighted by atomic mass is 9.95. The number of anilines is 2. The van der Waals surface area contributed by atoms with Gasteiger partial charge in [0.2, 0.25) is 5.91 Å². The average molecular weight is 382 g/mol. The summed E-state index contributed by atoms with van der Waals surface area (Å²) in [6.07, 6.45) is -0.883. The second-order valence-electron chi connectivity index (χ2n) is 6.98. The molecule has 0 aromatic heterocycles. The molecular weight excluding hydrogens is 360 g/mol. The number of nitrogens with one attached hydrogen (secondary N) is 1. The third-order valence-electron chi connectivity index (χ3n) is 4.64. The minimum Gasteiger partial charge on any atom is -0.481 e. The van der Waals surface area contributed by atoms with Crippen LogP contribution >= 0.6 is 0 Å². The fourth-order valence-corrected chi connectivity index (χ4v) is 3.10. The van der Waals surface area contributed by atoms with Crippen molar-refractivity contribution in [2.75, 3.05) is 17.3 Å². The van der Waals surface area contributed by atoms with Gasteiger partial charge in [-0.05, 0) is 51.1 Å². The molecule has 1 heterocycles. The van der Waals surface area contributed by atoms with Crippen molar-refractivity contribution in [3.8, 4) is 5.75 Å². The lowest BCUT2D eigenvalue weighted by Gasteiger charge is -2.42. The Hall–Kier alpha value is -3.35. The van der Waals surface area contributed by atoms with Crippen LogP contribution in [-0.2, 0) is 14.3 Å². The molecule has 0 fully saturated rings. The quantitative estimate of drug-likeness (QED) is 0.822. The van der Waals surface area contributed by atoms with Gasteiger partial charge in [-0.2, -0.15) is 0 Å². The highest BCUT2D eigenvalue weighted by Gasteiger charge is 2.45. The van der Waals surface area contributed by atoms with E-state index in [4.69, 9.17) is 9.47 Å². The molecule has 0 unspecified atom stereocenters. The van der Waals surface area contributed by atoms with Crippen molar-refractivity contribution in [3.05, 3.63) is 54.1 Å². The number of hydrogen-bond donors (Lipinski definition) is 1. The summed E-state index contributed by atoms with van der Waals surface area (Å²) in [5.41, 5.74) is 0.412. The zero-order valence-electron chi connectivity index (χ0n) is 16.2. The Morgan fingerprint density at radius 3 is 2.54 bits per heavy atom. The number of hydrogen-bond acceptors (Lipinski definition) is 5. The molecular formula is C21H22N2O5. The van der Waals surface area contributed by atoms with Gasteiger partial charge in [0.25, 0.3) is 5.91 Å². The summed E-state index contributed by atoms with van der Waals surface area (Å²) >= 11 is 0. The molecule has 1 aliphatic heterocycles. The van der Waals surface area contributed by atoms with Gasteiger partial charge in [0.05, 0.1) is 24.0 Å². The maximum Gasteiger partial charge on any atom is 0.337 e. The number of nitrogens with zero attached hydrogens (tertiary/aromatic N) is 1. The maximum absolute atomic E-state index is 13.2. The van der Waals surface area contributed by atoms with E-state index in [-0.39, 0.29) is 11.8 Å². The van der Waals surface area contributed by atoms with Crippen LogP contribution in [0.15, 0.2) is 48.5 Å². The molecule has 2 aromatic rings. The van der Waals surface area contributed by atoms with E-state index in [2.05, 4.69) is 5.32 Å².